The molecule has 3 rings (SSSR count). The number of rotatable bonds is 7. The number of aliphatic hydroxyl groups excluding tert-OH is 1. The van der Waals surface area contributed by atoms with Crippen LogP contribution in [-0.4, -0.2) is 41.4 Å². The average molecular weight is 329 g/mol. The first-order valence-electron chi connectivity index (χ1n) is 7.53. The van der Waals surface area contributed by atoms with Crippen molar-refractivity contribution in [3.05, 3.63) is 41.5 Å². The predicted octanol–water partition coefficient (Wildman–Crippen LogP) is 3.09. The van der Waals surface area contributed by atoms with Crippen molar-refractivity contribution in [2.45, 2.75) is 6.92 Å². The van der Waals surface area contributed by atoms with Gasteiger partial charge in [-0.3, -0.25) is 0 Å². The fourth-order valence-electron chi connectivity index (χ4n) is 2.41. The van der Waals surface area contributed by atoms with Gasteiger partial charge < -0.3 is 15.2 Å². The van der Waals surface area contributed by atoms with Gasteiger partial charge in [-0.15, -0.1) is 11.3 Å². The van der Waals surface area contributed by atoms with Crippen LogP contribution in [0.15, 0.2) is 35.7 Å². The lowest BCUT2D eigenvalue weighted by atomic mass is 10.1. The van der Waals surface area contributed by atoms with Crippen molar-refractivity contribution in [2.24, 2.45) is 0 Å². The van der Waals surface area contributed by atoms with Gasteiger partial charge in [0.15, 0.2) is 0 Å². The highest BCUT2D eigenvalue weighted by Gasteiger charge is 2.13. The number of aliphatic hydroxyl groups is 1. The summed E-state index contributed by atoms with van der Waals surface area (Å²) in [5.74, 6) is 1.58. The number of aryl methyl sites for hydroxylation is 1. The molecule has 2 heterocycles. The average Bonchev–Trinajstić information content (AvgIpc) is 2.99. The number of hydrogen-bond acceptors (Lipinski definition) is 6. The Kier molecular flexibility index (Phi) is 5.17. The van der Waals surface area contributed by atoms with E-state index >= 15 is 0 Å². The molecule has 0 atom stereocenters. The molecule has 1 aromatic carbocycles. The number of aromatic nitrogens is 2. The minimum atomic E-state index is 0.0412. The van der Waals surface area contributed by atoms with Crippen LogP contribution >= 0.6 is 11.3 Å². The lowest BCUT2D eigenvalue weighted by Crippen LogP contribution is -2.12. The summed E-state index contributed by atoms with van der Waals surface area (Å²) >= 11 is 1.63. The van der Waals surface area contributed by atoms with E-state index in [1.807, 2.05) is 25.1 Å². The molecule has 0 saturated carbocycles. The number of ether oxygens (including phenoxy) is 1. The smallest absolute Gasteiger partial charge is 0.139 e. The van der Waals surface area contributed by atoms with E-state index in [0.29, 0.717) is 19.8 Å². The van der Waals surface area contributed by atoms with E-state index in [-0.39, 0.29) is 6.61 Å². The summed E-state index contributed by atoms with van der Waals surface area (Å²) in [5.41, 5.74) is 2.30. The largest absolute Gasteiger partial charge is 0.394 e. The van der Waals surface area contributed by atoms with Crippen LogP contribution in [0.2, 0.25) is 0 Å². The minimum absolute atomic E-state index is 0.0412. The van der Waals surface area contributed by atoms with E-state index in [0.717, 1.165) is 33.0 Å². The maximum absolute atomic E-state index is 8.73. The third-order valence-electron chi connectivity index (χ3n) is 3.40. The van der Waals surface area contributed by atoms with Crippen LogP contribution in [-0.2, 0) is 4.74 Å². The fraction of sp³-hybridized carbons (Fsp3) is 0.294. The summed E-state index contributed by atoms with van der Waals surface area (Å²) < 4.78 is 5.29. The Hall–Kier alpha value is -2.02. The van der Waals surface area contributed by atoms with Crippen molar-refractivity contribution in [1.29, 1.82) is 0 Å². The molecule has 3 aromatic rings. The van der Waals surface area contributed by atoms with Gasteiger partial charge in [0.25, 0.3) is 0 Å². The molecule has 2 aromatic heterocycles. The molecule has 0 amide bonds. The van der Waals surface area contributed by atoms with Gasteiger partial charge in [-0.1, -0.05) is 30.3 Å². The molecule has 0 fully saturated rings. The third-order valence-corrected chi connectivity index (χ3v) is 4.28. The van der Waals surface area contributed by atoms with E-state index in [2.05, 4.69) is 32.8 Å². The Morgan fingerprint density at radius 3 is 2.78 bits per heavy atom. The molecule has 0 aliphatic carbocycles. The number of nitrogens with zero attached hydrogens (tertiary/aromatic N) is 2. The maximum atomic E-state index is 8.73. The van der Waals surface area contributed by atoms with Gasteiger partial charge in [0.1, 0.15) is 16.5 Å². The van der Waals surface area contributed by atoms with Crippen LogP contribution in [0.4, 0.5) is 5.82 Å². The molecule has 0 bridgehead atoms. The first-order valence-corrected chi connectivity index (χ1v) is 8.41. The molecule has 5 nitrogen and oxygen atoms in total. The van der Waals surface area contributed by atoms with E-state index < -0.39 is 0 Å². The molecule has 0 radical (unpaired) electrons. The van der Waals surface area contributed by atoms with Crippen LogP contribution in [0.25, 0.3) is 21.3 Å². The molecule has 23 heavy (non-hydrogen) atoms. The highest BCUT2D eigenvalue weighted by Crippen LogP contribution is 2.36. The van der Waals surface area contributed by atoms with E-state index in [4.69, 9.17) is 9.84 Å². The SMILES string of the molecule is Cc1nc(NCCOCCO)c2c(-c3ccccc3)csc2n1. The summed E-state index contributed by atoms with van der Waals surface area (Å²) in [6.07, 6.45) is 0. The van der Waals surface area contributed by atoms with Crippen molar-refractivity contribution < 1.29 is 9.84 Å². The molecule has 0 spiro atoms. The lowest BCUT2D eigenvalue weighted by Gasteiger charge is -2.10. The van der Waals surface area contributed by atoms with Gasteiger partial charge >= 0.3 is 0 Å². The monoisotopic (exact) mass is 329 g/mol. The first-order chi connectivity index (χ1) is 11.3. The van der Waals surface area contributed by atoms with Gasteiger partial charge in [-0.25, -0.2) is 9.97 Å². The zero-order valence-electron chi connectivity index (χ0n) is 13.0. The molecule has 0 unspecified atom stereocenters. The Labute approximate surface area is 139 Å². The summed E-state index contributed by atoms with van der Waals surface area (Å²) in [6, 6.07) is 10.3. The maximum Gasteiger partial charge on any atom is 0.139 e. The minimum Gasteiger partial charge on any atom is -0.394 e. The zero-order chi connectivity index (χ0) is 16.1. The predicted molar refractivity (Wildman–Crippen MR) is 94.0 cm³/mol. The highest BCUT2D eigenvalue weighted by molar-refractivity contribution is 7.17. The summed E-state index contributed by atoms with van der Waals surface area (Å²) in [7, 11) is 0. The molecular weight excluding hydrogens is 310 g/mol. The second-order valence-corrected chi connectivity index (χ2v) is 5.94. The fourth-order valence-corrected chi connectivity index (χ4v) is 3.41. The topological polar surface area (TPSA) is 67.3 Å². The number of anilines is 1. The number of nitrogens with one attached hydrogen (secondary N) is 1. The molecule has 2 N–H and O–H groups in total. The van der Waals surface area contributed by atoms with E-state index in [1.165, 1.54) is 0 Å². The normalized spacial score (nSPS) is 11.0. The van der Waals surface area contributed by atoms with E-state index in [9.17, 15) is 0 Å². The Balaban J connectivity index is 1.91. The molecule has 0 saturated heterocycles. The Morgan fingerprint density at radius 1 is 1.17 bits per heavy atom. The lowest BCUT2D eigenvalue weighted by molar-refractivity contribution is 0.0992. The summed E-state index contributed by atoms with van der Waals surface area (Å²) in [5, 5.41) is 15.2. The van der Waals surface area contributed by atoms with Crippen LogP contribution in [0.3, 0.4) is 0 Å². The van der Waals surface area contributed by atoms with Crippen molar-refractivity contribution >= 4 is 27.4 Å². The third kappa shape index (κ3) is 3.67. The highest BCUT2D eigenvalue weighted by atomic mass is 32.1. The first kappa shape index (κ1) is 15.9. The van der Waals surface area contributed by atoms with Gasteiger partial charge in [0.05, 0.1) is 25.2 Å². The van der Waals surface area contributed by atoms with Crippen molar-refractivity contribution in [2.75, 3.05) is 31.7 Å². The van der Waals surface area contributed by atoms with Crippen molar-refractivity contribution in [3.63, 3.8) is 0 Å². The number of thiophene rings is 1. The van der Waals surface area contributed by atoms with Crippen molar-refractivity contribution in [1.82, 2.24) is 9.97 Å². The number of hydrogen-bond donors (Lipinski definition) is 2. The van der Waals surface area contributed by atoms with Crippen molar-refractivity contribution in [3.8, 4) is 11.1 Å². The van der Waals surface area contributed by atoms with Crippen LogP contribution in [0.5, 0.6) is 0 Å². The number of benzene rings is 1. The second kappa shape index (κ2) is 7.50. The second-order valence-electron chi connectivity index (χ2n) is 5.08. The molecule has 0 aliphatic rings. The zero-order valence-corrected chi connectivity index (χ0v) is 13.8. The Bertz CT molecular complexity index is 774. The quantitative estimate of drug-likeness (QED) is 0.652. The van der Waals surface area contributed by atoms with Gasteiger partial charge in [0.2, 0.25) is 0 Å². The summed E-state index contributed by atoms with van der Waals surface area (Å²) in [6.45, 7) is 3.45. The number of fused-ring (bicyclic) bond motifs is 1. The standard InChI is InChI=1S/C17H19N3O2S/c1-12-19-16(18-7-9-22-10-8-21)15-14(11-23-17(15)20-12)13-5-3-2-4-6-13/h2-6,11,21H,7-10H2,1H3,(H,18,19,20). The van der Waals surface area contributed by atoms with Gasteiger partial charge in [-0.2, -0.15) is 0 Å². The van der Waals surface area contributed by atoms with Crippen LogP contribution < -0.4 is 5.32 Å². The summed E-state index contributed by atoms with van der Waals surface area (Å²) in [4.78, 5) is 10.1. The van der Waals surface area contributed by atoms with Gasteiger partial charge in [-0.05, 0) is 12.5 Å². The molecule has 120 valence electrons. The van der Waals surface area contributed by atoms with Crippen LogP contribution in [0.1, 0.15) is 5.82 Å². The van der Waals surface area contributed by atoms with Crippen LogP contribution in [0, 0.1) is 6.92 Å². The van der Waals surface area contributed by atoms with Gasteiger partial charge in [0, 0.05) is 17.5 Å². The molecule has 6 heteroatoms. The molecule has 0 aliphatic heterocycles. The Morgan fingerprint density at radius 2 is 2.00 bits per heavy atom. The molecular formula is C17H19N3O2S. The van der Waals surface area contributed by atoms with E-state index in [1.54, 1.807) is 11.3 Å².